The Morgan fingerprint density at radius 3 is 2.34 bits per heavy atom. The van der Waals surface area contributed by atoms with Crippen molar-refractivity contribution < 1.29 is 9.94 Å². The zero-order valence-electron chi connectivity index (χ0n) is 17.8. The summed E-state index contributed by atoms with van der Waals surface area (Å²) in [6, 6.07) is 16.7. The van der Waals surface area contributed by atoms with Crippen molar-refractivity contribution in [2.75, 3.05) is 39.8 Å². The van der Waals surface area contributed by atoms with E-state index in [-0.39, 0.29) is 6.10 Å². The first-order valence-electron chi connectivity index (χ1n) is 10.5. The lowest BCUT2D eigenvalue weighted by atomic mass is 10.0. The molecular weight excluding hydrogens is 362 g/mol. The molecule has 1 N–H and O–H groups in total. The molecule has 3 rings (SSSR count). The van der Waals surface area contributed by atoms with Crippen LogP contribution in [0.15, 0.2) is 53.7 Å². The SMILES string of the molecule is CC(C)Oc1ccccc1CCc1ccc(/C(CN2CCN(C)CC2)=N/O)cc1. The quantitative estimate of drug-likeness (QED) is 0.421. The lowest BCUT2D eigenvalue weighted by Crippen LogP contribution is -2.46. The van der Waals surface area contributed by atoms with Crippen LogP contribution >= 0.6 is 0 Å². The second-order valence-electron chi connectivity index (χ2n) is 8.10. The average molecular weight is 396 g/mol. The Morgan fingerprint density at radius 1 is 1.00 bits per heavy atom. The van der Waals surface area contributed by atoms with Gasteiger partial charge in [-0.3, -0.25) is 4.90 Å². The smallest absolute Gasteiger partial charge is 0.122 e. The maximum atomic E-state index is 9.52. The highest BCUT2D eigenvalue weighted by atomic mass is 16.5. The summed E-state index contributed by atoms with van der Waals surface area (Å²) in [5.41, 5.74) is 4.22. The Labute approximate surface area is 174 Å². The van der Waals surface area contributed by atoms with E-state index < -0.39 is 0 Å². The van der Waals surface area contributed by atoms with Gasteiger partial charge in [0.25, 0.3) is 0 Å². The van der Waals surface area contributed by atoms with Crippen molar-refractivity contribution in [2.45, 2.75) is 32.8 Å². The Kier molecular flexibility index (Phi) is 7.67. The highest BCUT2D eigenvalue weighted by molar-refractivity contribution is 6.01. The molecule has 1 heterocycles. The molecule has 0 aliphatic carbocycles. The molecule has 0 aromatic heterocycles. The van der Waals surface area contributed by atoms with E-state index in [9.17, 15) is 5.21 Å². The average Bonchev–Trinajstić information content (AvgIpc) is 2.73. The zero-order valence-corrected chi connectivity index (χ0v) is 17.8. The van der Waals surface area contributed by atoms with Gasteiger partial charge in [0, 0.05) is 38.3 Å². The number of para-hydroxylation sites is 1. The molecular formula is C24H33N3O2. The van der Waals surface area contributed by atoms with Crippen molar-refractivity contribution in [3.63, 3.8) is 0 Å². The van der Waals surface area contributed by atoms with E-state index in [1.807, 2.05) is 12.1 Å². The number of likely N-dealkylation sites (N-methyl/N-ethyl adjacent to an activating group) is 1. The number of piperazine rings is 1. The molecule has 0 spiro atoms. The van der Waals surface area contributed by atoms with Crippen molar-refractivity contribution in [2.24, 2.45) is 5.16 Å². The summed E-state index contributed by atoms with van der Waals surface area (Å²) in [5.74, 6) is 0.973. The molecule has 0 saturated carbocycles. The second kappa shape index (κ2) is 10.4. The monoisotopic (exact) mass is 395 g/mol. The van der Waals surface area contributed by atoms with Gasteiger partial charge in [-0.15, -0.1) is 0 Å². The summed E-state index contributed by atoms with van der Waals surface area (Å²) < 4.78 is 5.93. The molecule has 5 heteroatoms. The predicted octanol–water partition coefficient (Wildman–Crippen LogP) is 3.68. The van der Waals surface area contributed by atoms with E-state index in [0.717, 1.165) is 56.0 Å². The van der Waals surface area contributed by atoms with E-state index in [0.29, 0.717) is 6.54 Å². The van der Waals surface area contributed by atoms with Gasteiger partial charge in [0.1, 0.15) is 11.5 Å². The molecule has 0 bridgehead atoms. The third-order valence-corrected chi connectivity index (χ3v) is 5.40. The number of hydrogen-bond donors (Lipinski definition) is 1. The van der Waals surface area contributed by atoms with Crippen LogP contribution < -0.4 is 4.74 Å². The van der Waals surface area contributed by atoms with Crippen molar-refractivity contribution in [3.05, 3.63) is 65.2 Å². The van der Waals surface area contributed by atoms with Gasteiger partial charge in [0.05, 0.1) is 6.10 Å². The Balaban J connectivity index is 1.58. The number of nitrogens with zero attached hydrogens (tertiary/aromatic N) is 3. The standard InChI is InChI=1S/C24H33N3O2/c1-19(2)29-24-7-5-4-6-22(24)13-10-20-8-11-21(12-9-20)23(25-28)18-27-16-14-26(3)15-17-27/h4-9,11-12,19,28H,10,13-18H2,1-3H3/b25-23+. The van der Waals surface area contributed by atoms with Crippen LogP contribution in [0.1, 0.15) is 30.5 Å². The Hall–Kier alpha value is -2.37. The van der Waals surface area contributed by atoms with Crippen LogP contribution in [-0.2, 0) is 12.8 Å². The van der Waals surface area contributed by atoms with Crippen molar-refractivity contribution in [3.8, 4) is 5.75 Å². The summed E-state index contributed by atoms with van der Waals surface area (Å²) in [6.07, 6.45) is 2.06. The van der Waals surface area contributed by atoms with E-state index in [1.165, 1.54) is 11.1 Å². The second-order valence-corrected chi connectivity index (χ2v) is 8.10. The first-order chi connectivity index (χ1) is 14.0. The fourth-order valence-electron chi connectivity index (χ4n) is 3.62. The van der Waals surface area contributed by atoms with E-state index >= 15 is 0 Å². The Bertz CT molecular complexity index is 794. The molecule has 0 atom stereocenters. The van der Waals surface area contributed by atoms with Crippen LogP contribution in [0.4, 0.5) is 0 Å². The number of benzene rings is 2. The highest BCUT2D eigenvalue weighted by Gasteiger charge is 2.17. The van der Waals surface area contributed by atoms with Gasteiger partial charge >= 0.3 is 0 Å². The largest absolute Gasteiger partial charge is 0.491 e. The van der Waals surface area contributed by atoms with Crippen LogP contribution in [-0.4, -0.2) is 66.6 Å². The minimum absolute atomic E-state index is 0.173. The summed E-state index contributed by atoms with van der Waals surface area (Å²) in [5, 5.41) is 13.1. The minimum atomic E-state index is 0.173. The fraction of sp³-hybridized carbons (Fsp3) is 0.458. The molecule has 2 aromatic rings. The van der Waals surface area contributed by atoms with Gasteiger partial charge in [-0.25, -0.2) is 0 Å². The predicted molar refractivity (Wildman–Crippen MR) is 118 cm³/mol. The molecule has 0 unspecified atom stereocenters. The molecule has 29 heavy (non-hydrogen) atoms. The molecule has 0 radical (unpaired) electrons. The van der Waals surface area contributed by atoms with E-state index in [1.54, 1.807) is 0 Å². The van der Waals surface area contributed by atoms with Crippen molar-refractivity contribution in [1.82, 2.24) is 9.80 Å². The van der Waals surface area contributed by atoms with Crippen LogP contribution in [0.3, 0.4) is 0 Å². The van der Waals surface area contributed by atoms with Gasteiger partial charge in [0.2, 0.25) is 0 Å². The Morgan fingerprint density at radius 2 is 1.69 bits per heavy atom. The topological polar surface area (TPSA) is 48.3 Å². The molecule has 1 fully saturated rings. The number of hydrogen-bond acceptors (Lipinski definition) is 5. The molecule has 1 aliphatic heterocycles. The van der Waals surface area contributed by atoms with Crippen LogP contribution in [0, 0.1) is 0 Å². The maximum absolute atomic E-state index is 9.52. The fourth-order valence-corrected chi connectivity index (χ4v) is 3.62. The maximum Gasteiger partial charge on any atom is 0.122 e. The molecule has 156 valence electrons. The number of aryl methyl sites for hydroxylation is 2. The van der Waals surface area contributed by atoms with Crippen LogP contribution in [0.25, 0.3) is 0 Å². The van der Waals surface area contributed by atoms with Gasteiger partial charge in [-0.05, 0) is 50.9 Å². The van der Waals surface area contributed by atoms with Crippen molar-refractivity contribution >= 4 is 5.71 Å². The van der Waals surface area contributed by atoms with E-state index in [2.05, 4.69) is 72.2 Å². The molecule has 5 nitrogen and oxygen atoms in total. The molecule has 1 saturated heterocycles. The molecule has 1 aliphatic rings. The zero-order chi connectivity index (χ0) is 20.6. The van der Waals surface area contributed by atoms with Gasteiger partial charge in [-0.2, -0.15) is 0 Å². The molecule has 2 aromatic carbocycles. The van der Waals surface area contributed by atoms with Gasteiger partial charge in [0.15, 0.2) is 0 Å². The normalized spacial score (nSPS) is 16.3. The van der Waals surface area contributed by atoms with Gasteiger partial charge < -0.3 is 14.8 Å². The van der Waals surface area contributed by atoms with Crippen LogP contribution in [0.2, 0.25) is 0 Å². The third-order valence-electron chi connectivity index (χ3n) is 5.40. The summed E-state index contributed by atoms with van der Waals surface area (Å²) in [7, 11) is 2.14. The first-order valence-corrected chi connectivity index (χ1v) is 10.5. The summed E-state index contributed by atoms with van der Waals surface area (Å²) in [4.78, 5) is 4.67. The number of rotatable bonds is 8. The first kappa shape index (κ1) is 21.3. The third kappa shape index (κ3) is 6.31. The highest BCUT2D eigenvalue weighted by Crippen LogP contribution is 2.21. The van der Waals surface area contributed by atoms with Crippen LogP contribution in [0.5, 0.6) is 5.75 Å². The number of oxime groups is 1. The number of ether oxygens (including phenoxy) is 1. The molecule has 0 amide bonds. The lowest BCUT2D eigenvalue weighted by molar-refractivity contribution is 0.169. The summed E-state index contributed by atoms with van der Waals surface area (Å²) >= 11 is 0. The van der Waals surface area contributed by atoms with Crippen molar-refractivity contribution in [1.29, 1.82) is 0 Å². The lowest BCUT2D eigenvalue weighted by Gasteiger charge is -2.32. The summed E-state index contributed by atoms with van der Waals surface area (Å²) in [6.45, 7) is 8.91. The minimum Gasteiger partial charge on any atom is -0.491 e. The van der Waals surface area contributed by atoms with Gasteiger partial charge in [-0.1, -0.05) is 47.6 Å². The van der Waals surface area contributed by atoms with E-state index in [4.69, 9.17) is 4.74 Å².